The van der Waals surface area contributed by atoms with Gasteiger partial charge in [0.25, 0.3) is 10.1 Å². The molecule has 2 aromatic rings. The molecule has 0 spiro atoms. The number of ether oxygens (including phenoxy) is 2. The molecular formula is C14H14N2O6S. The molecular weight excluding hydrogens is 324 g/mol. The van der Waals surface area contributed by atoms with Crippen LogP contribution in [-0.2, 0) is 10.1 Å². The molecule has 0 amide bonds. The molecule has 0 aliphatic rings. The number of nitrogens with zero attached hydrogens (tertiary/aromatic N) is 2. The Hall–Kier alpha value is -2.65. The monoisotopic (exact) mass is 338 g/mol. The van der Waals surface area contributed by atoms with Crippen LogP contribution in [0.4, 0.5) is 11.4 Å². The molecule has 0 fully saturated rings. The number of hydrogen-bond donors (Lipinski definition) is 2. The van der Waals surface area contributed by atoms with Crippen molar-refractivity contribution in [3.8, 4) is 17.2 Å². The van der Waals surface area contributed by atoms with E-state index in [1.54, 1.807) is 0 Å². The Morgan fingerprint density at radius 3 is 1.83 bits per heavy atom. The van der Waals surface area contributed by atoms with Crippen molar-refractivity contribution in [1.82, 2.24) is 0 Å². The van der Waals surface area contributed by atoms with Crippen molar-refractivity contribution < 1.29 is 27.6 Å². The highest BCUT2D eigenvalue weighted by Crippen LogP contribution is 2.40. The van der Waals surface area contributed by atoms with Gasteiger partial charge in [-0.05, 0) is 24.3 Å². The van der Waals surface area contributed by atoms with Gasteiger partial charge in [0.2, 0.25) is 5.75 Å². The predicted molar refractivity (Wildman–Crippen MR) is 81.6 cm³/mol. The van der Waals surface area contributed by atoms with Crippen LogP contribution in [0.1, 0.15) is 0 Å². The van der Waals surface area contributed by atoms with Crippen molar-refractivity contribution in [3.63, 3.8) is 0 Å². The van der Waals surface area contributed by atoms with Crippen LogP contribution in [-0.4, -0.2) is 32.3 Å². The summed E-state index contributed by atoms with van der Waals surface area (Å²) in [5.41, 5.74) is 0.749. The second-order valence-corrected chi connectivity index (χ2v) is 5.79. The summed E-state index contributed by atoms with van der Waals surface area (Å²) in [4.78, 5) is -0.232. The zero-order valence-corrected chi connectivity index (χ0v) is 13.1. The second kappa shape index (κ2) is 6.63. The molecule has 0 heterocycles. The summed E-state index contributed by atoms with van der Waals surface area (Å²) in [6.07, 6.45) is 0. The summed E-state index contributed by atoms with van der Waals surface area (Å²) in [6, 6.07) is 8.13. The first-order valence-corrected chi connectivity index (χ1v) is 7.73. The molecule has 9 heteroatoms. The molecule has 0 atom stereocenters. The van der Waals surface area contributed by atoms with Gasteiger partial charge in [-0.15, -0.1) is 0 Å². The lowest BCUT2D eigenvalue weighted by Gasteiger charge is -2.08. The average molecular weight is 338 g/mol. The zero-order chi connectivity index (χ0) is 17.0. The normalized spacial score (nSPS) is 11.6. The van der Waals surface area contributed by atoms with Crippen molar-refractivity contribution >= 4 is 21.5 Å². The summed E-state index contributed by atoms with van der Waals surface area (Å²) in [5, 5.41) is 17.7. The maximum Gasteiger partial charge on any atom is 0.294 e. The summed E-state index contributed by atoms with van der Waals surface area (Å²) in [6.45, 7) is 0. The van der Waals surface area contributed by atoms with Crippen LogP contribution in [0, 0.1) is 0 Å². The SMILES string of the molecule is COc1cc(N=Nc2ccc(S(=O)(=O)O)cc2)cc(OC)c1O. The highest BCUT2D eigenvalue weighted by molar-refractivity contribution is 7.85. The zero-order valence-electron chi connectivity index (χ0n) is 12.3. The number of methoxy groups -OCH3 is 2. The van der Waals surface area contributed by atoms with Gasteiger partial charge in [0.1, 0.15) is 0 Å². The summed E-state index contributed by atoms with van der Waals surface area (Å²) < 4.78 is 40.8. The fourth-order valence-electron chi connectivity index (χ4n) is 1.74. The summed E-state index contributed by atoms with van der Waals surface area (Å²) in [7, 11) is -1.46. The molecule has 0 saturated carbocycles. The van der Waals surface area contributed by atoms with E-state index in [2.05, 4.69) is 10.2 Å². The lowest BCUT2D eigenvalue weighted by atomic mass is 10.2. The standard InChI is InChI=1S/C14H14N2O6S/c1-21-12-7-10(8-13(22-2)14(12)17)16-15-9-3-5-11(6-4-9)23(18,19)20/h3-8,17H,1-2H3,(H,18,19,20). The number of phenols is 1. The number of hydrogen-bond acceptors (Lipinski definition) is 7. The van der Waals surface area contributed by atoms with E-state index in [-0.39, 0.29) is 22.1 Å². The van der Waals surface area contributed by atoms with E-state index in [1.165, 1.54) is 50.6 Å². The van der Waals surface area contributed by atoms with Crippen molar-refractivity contribution in [2.45, 2.75) is 4.90 Å². The molecule has 8 nitrogen and oxygen atoms in total. The van der Waals surface area contributed by atoms with Gasteiger partial charge in [-0.1, -0.05) is 0 Å². The van der Waals surface area contributed by atoms with Crippen molar-refractivity contribution in [1.29, 1.82) is 0 Å². The summed E-state index contributed by atoms with van der Waals surface area (Å²) in [5.74, 6) is 0.214. The lowest BCUT2D eigenvalue weighted by molar-refractivity contribution is 0.340. The van der Waals surface area contributed by atoms with Crippen LogP contribution in [0.2, 0.25) is 0 Å². The summed E-state index contributed by atoms with van der Waals surface area (Å²) >= 11 is 0. The molecule has 23 heavy (non-hydrogen) atoms. The molecule has 0 aliphatic carbocycles. The van der Waals surface area contributed by atoms with Gasteiger partial charge >= 0.3 is 0 Å². The first-order chi connectivity index (χ1) is 10.8. The van der Waals surface area contributed by atoms with Crippen molar-refractivity contribution in [2.75, 3.05) is 14.2 Å². The Kier molecular flexibility index (Phi) is 4.82. The molecule has 0 aromatic heterocycles. The van der Waals surface area contributed by atoms with E-state index in [0.29, 0.717) is 11.4 Å². The van der Waals surface area contributed by atoms with E-state index in [0.717, 1.165) is 0 Å². The maximum absolute atomic E-state index is 10.9. The first kappa shape index (κ1) is 16.7. The minimum atomic E-state index is -4.24. The fourth-order valence-corrected chi connectivity index (χ4v) is 2.22. The molecule has 0 unspecified atom stereocenters. The quantitative estimate of drug-likeness (QED) is 0.639. The van der Waals surface area contributed by atoms with Crippen LogP contribution in [0.5, 0.6) is 17.2 Å². The fraction of sp³-hybridized carbons (Fsp3) is 0.143. The third kappa shape index (κ3) is 3.96. The Bertz CT molecular complexity index is 806. The number of aromatic hydroxyl groups is 1. The Balaban J connectivity index is 2.30. The topological polar surface area (TPSA) is 118 Å². The molecule has 2 N–H and O–H groups in total. The van der Waals surface area contributed by atoms with E-state index in [1.807, 2.05) is 0 Å². The van der Waals surface area contributed by atoms with Gasteiger partial charge < -0.3 is 14.6 Å². The van der Waals surface area contributed by atoms with Crippen LogP contribution >= 0.6 is 0 Å². The number of azo groups is 1. The molecule has 2 aromatic carbocycles. The first-order valence-electron chi connectivity index (χ1n) is 6.29. The highest BCUT2D eigenvalue weighted by atomic mass is 32.2. The predicted octanol–water partition coefficient (Wildman–Crippen LogP) is 3.07. The van der Waals surface area contributed by atoms with Gasteiger partial charge in [-0.3, -0.25) is 4.55 Å². The molecule has 0 saturated heterocycles. The smallest absolute Gasteiger partial charge is 0.294 e. The molecule has 2 rings (SSSR count). The third-order valence-corrected chi connectivity index (χ3v) is 3.75. The molecule has 0 radical (unpaired) electrons. The van der Waals surface area contributed by atoms with Gasteiger partial charge in [0.05, 0.1) is 30.5 Å². The van der Waals surface area contributed by atoms with Crippen molar-refractivity contribution in [3.05, 3.63) is 36.4 Å². The Labute approximate surface area is 132 Å². The number of rotatable bonds is 5. The van der Waals surface area contributed by atoms with Gasteiger partial charge in [0.15, 0.2) is 11.5 Å². The lowest BCUT2D eigenvalue weighted by Crippen LogP contribution is -1.96. The highest BCUT2D eigenvalue weighted by Gasteiger charge is 2.11. The van der Waals surface area contributed by atoms with E-state index in [9.17, 15) is 13.5 Å². The molecule has 0 bridgehead atoms. The van der Waals surface area contributed by atoms with E-state index in [4.69, 9.17) is 14.0 Å². The minimum absolute atomic E-state index is 0.147. The third-order valence-electron chi connectivity index (χ3n) is 2.88. The van der Waals surface area contributed by atoms with E-state index >= 15 is 0 Å². The van der Waals surface area contributed by atoms with Gasteiger partial charge in [-0.25, -0.2) is 0 Å². The largest absolute Gasteiger partial charge is 0.502 e. The van der Waals surface area contributed by atoms with Gasteiger partial charge in [-0.2, -0.15) is 18.6 Å². The van der Waals surface area contributed by atoms with E-state index < -0.39 is 10.1 Å². The maximum atomic E-state index is 10.9. The number of benzene rings is 2. The second-order valence-electron chi connectivity index (χ2n) is 4.37. The van der Waals surface area contributed by atoms with Crippen LogP contribution in [0.3, 0.4) is 0 Å². The Morgan fingerprint density at radius 2 is 1.39 bits per heavy atom. The van der Waals surface area contributed by atoms with Gasteiger partial charge in [0, 0.05) is 12.1 Å². The minimum Gasteiger partial charge on any atom is -0.502 e. The molecule has 0 aliphatic heterocycles. The Morgan fingerprint density at radius 1 is 0.913 bits per heavy atom. The van der Waals surface area contributed by atoms with Crippen LogP contribution in [0.15, 0.2) is 51.5 Å². The average Bonchev–Trinajstić information content (AvgIpc) is 2.53. The molecule has 122 valence electrons. The van der Waals surface area contributed by atoms with Crippen LogP contribution in [0.25, 0.3) is 0 Å². The van der Waals surface area contributed by atoms with Crippen LogP contribution < -0.4 is 9.47 Å². The van der Waals surface area contributed by atoms with Crippen molar-refractivity contribution in [2.24, 2.45) is 10.2 Å². The number of phenolic OH excluding ortho intramolecular Hbond substituents is 1.